The molecule has 1 heterocycles. The molecule has 110 valence electrons. The molecular weight excluding hydrogens is 275 g/mol. The number of morpholine rings is 1. The number of ether oxygens (including phenoxy) is 1. The van der Waals surface area contributed by atoms with Gasteiger partial charge in [-0.3, -0.25) is 4.90 Å². The van der Waals surface area contributed by atoms with Crippen molar-refractivity contribution in [1.82, 2.24) is 4.90 Å². The van der Waals surface area contributed by atoms with E-state index in [2.05, 4.69) is 6.07 Å². The second-order valence-corrected chi connectivity index (χ2v) is 4.74. The molecule has 6 heteroatoms. The van der Waals surface area contributed by atoms with E-state index in [-0.39, 0.29) is 0 Å². The zero-order chi connectivity index (χ0) is 15.2. The summed E-state index contributed by atoms with van der Waals surface area (Å²) in [6, 6.07) is 6.35. The van der Waals surface area contributed by atoms with Gasteiger partial charge in [-0.15, -0.1) is 0 Å². The van der Waals surface area contributed by atoms with Gasteiger partial charge in [-0.25, -0.2) is 9.18 Å². The van der Waals surface area contributed by atoms with E-state index in [1.54, 1.807) is 6.07 Å². The lowest BCUT2D eigenvalue weighted by atomic mass is 10.1. The molecule has 0 saturated carbocycles. The summed E-state index contributed by atoms with van der Waals surface area (Å²) in [5.74, 6) is -1.50. The minimum atomic E-state index is -1.08. The van der Waals surface area contributed by atoms with Crippen LogP contribution < -0.4 is 0 Å². The van der Waals surface area contributed by atoms with E-state index in [0.717, 1.165) is 11.6 Å². The van der Waals surface area contributed by atoms with Crippen molar-refractivity contribution in [2.75, 3.05) is 19.7 Å². The average molecular weight is 290 g/mol. The van der Waals surface area contributed by atoms with Crippen molar-refractivity contribution in [3.8, 4) is 6.07 Å². The molecule has 1 saturated heterocycles. The van der Waals surface area contributed by atoms with Crippen LogP contribution in [0.25, 0.3) is 6.08 Å². The third-order valence-corrected chi connectivity index (χ3v) is 3.20. The van der Waals surface area contributed by atoms with Crippen LogP contribution >= 0.6 is 0 Å². The first-order chi connectivity index (χ1) is 10.1. The first-order valence-corrected chi connectivity index (χ1v) is 6.51. The van der Waals surface area contributed by atoms with Crippen LogP contribution in [0.4, 0.5) is 4.39 Å². The monoisotopic (exact) mass is 290 g/mol. The number of carbonyl (C=O) groups is 1. The van der Waals surface area contributed by atoms with Crippen LogP contribution in [-0.2, 0) is 16.1 Å². The Hall–Kier alpha value is -2.23. The Bertz CT molecular complexity index is 595. The zero-order valence-corrected chi connectivity index (χ0v) is 11.3. The third kappa shape index (κ3) is 4.38. The second kappa shape index (κ2) is 6.97. The van der Waals surface area contributed by atoms with Crippen LogP contribution in [0.2, 0.25) is 0 Å². The van der Waals surface area contributed by atoms with Crippen molar-refractivity contribution in [2.45, 2.75) is 12.6 Å². The van der Waals surface area contributed by atoms with Gasteiger partial charge in [-0.1, -0.05) is 6.07 Å². The average Bonchev–Trinajstić information content (AvgIpc) is 2.47. The number of halogens is 1. The van der Waals surface area contributed by atoms with Crippen molar-refractivity contribution in [3.63, 3.8) is 0 Å². The normalized spacial score (nSPS) is 19.5. The van der Waals surface area contributed by atoms with Crippen LogP contribution in [0, 0.1) is 17.1 Å². The van der Waals surface area contributed by atoms with Gasteiger partial charge in [0.2, 0.25) is 0 Å². The lowest BCUT2D eigenvalue weighted by Crippen LogP contribution is -2.41. The summed E-state index contributed by atoms with van der Waals surface area (Å²) in [5, 5.41) is 17.6. The van der Waals surface area contributed by atoms with Crippen molar-refractivity contribution in [2.24, 2.45) is 0 Å². The summed E-state index contributed by atoms with van der Waals surface area (Å²) in [4.78, 5) is 12.6. The highest BCUT2D eigenvalue weighted by atomic mass is 19.1. The van der Waals surface area contributed by atoms with Gasteiger partial charge in [0, 0.05) is 25.7 Å². The van der Waals surface area contributed by atoms with Gasteiger partial charge in [0.15, 0.2) is 6.10 Å². The number of rotatable bonds is 4. The van der Waals surface area contributed by atoms with Gasteiger partial charge in [0.1, 0.15) is 5.82 Å². The molecule has 1 N–H and O–H groups in total. The van der Waals surface area contributed by atoms with Crippen LogP contribution in [0.3, 0.4) is 0 Å². The summed E-state index contributed by atoms with van der Waals surface area (Å²) in [5.41, 5.74) is 1.34. The summed E-state index contributed by atoms with van der Waals surface area (Å²) in [7, 11) is 0. The number of carboxylic acids is 1. The molecule has 1 atom stereocenters. The molecule has 0 spiro atoms. The van der Waals surface area contributed by atoms with Gasteiger partial charge in [-0.05, 0) is 29.3 Å². The first kappa shape index (κ1) is 15.2. The van der Waals surface area contributed by atoms with E-state index in [4.69, 9.17) is 15.1 Å². The maximum absolute atomic E-state index is 13.3. The maximum atomic E-state index is 13.3. The minimum Gasteiger partial charge on any atom is -0.478 e. The Morgan fingerprint density at radius 2 is 2.43 bits per heavy atom. The van der Waals surface area contributed by atoms with E-state index in [0.29, 0.717) is 31.8 Å². The molecule has 1 aliphatic heterocycles. The van der Waals surface area contributed by atoms with Crippen molar-refractivity contribution >= 4 is 12.0 Å². The standard InChI is InChI=1S/C15H15FN2O3/c16-13-3-1-12(11(7-13)2-4-15(19)20)9-18-5-6-21-14(8-17)10-18/h1-4,7,14H,5-6,9-10H2,(H,19,20). The quantitative estimate of drug-likeness (QED) is 0.853. The third-order valence-electron chi connectivity index (χ3n) is 3.20. The fraction of sp³-hybridized carbons (Fsp3) is 0.333. The van der Waals surface area contributed by atoms with Gasteiger partial charge in [0.25, 0.3) is 0 Å². The Kier molecular flexibility index (Phi) is 5.04. The molecule has 0 aromatic heterocycles. The molecule has 1 unspecified atom stereocenters. The number of benzene rings is 1. The lowest BCUT2D eigenvalue weighted by Gasteiger charge is -2.30. The maximum Gasteiger partial charge on any atom is 0.328 e. The zero-order valence-electron chi connectivity index (χ0n) is 11.3. The summed E-state index contributed by atoms with van der Waals surface area (Å²) < 4.78 is 18.6. The van der Waals surface area contributed by atoms with Gasteiger partial charge in [0.05, 0.1) is 12.7 Å². The minimum absolute atomic E-state index is 0.416. The predicted molar refractivity (Wildman–Crippen MR) is 73.7 cm³/mol. The van der Waals surface area contributed by atoms with Crippen molar-refractivity contribution < 1.29 is 19.0 Å². The molecule has 1 aromatic carbocycles. The molecule has 1 fully saturated rings. The largest absolute Gasteiger partial charge is 0.478 e. The molecule has 0 radical (unpaired) electrons. The number of nitriles is 1. The van der Waals surface area contributed by atoms with Crippen LogP contribution in [0.15, 0.2) is 24.3 Å². The van der Waals surface area contributed by atoms with E-state index in [9.17, 15) is 9.18 Å². The molecule has 21 heavy (non-hydrogen) atoms. The SMILES string of the molecule is N#CC1CN(Cc2ccc(F)cc2C=CC(=O)O)CCO1. The molecule has 5 nitrogen and oxygen atoms in total. The molecule has 2 rings (SSSR count). The number of hydrogen-bond acceptors (Lipinski definition) is 4. The first-order valence-electron chi connectivity index (χ1n) is 6.51. The van der Waals surface area contributed by atoms with Gasteiger partial charge < -0.3 is 9.84 Å². The highest BCUT2D eigenvalue weighted by molar-refractivity contribution is 5.85. The van der Waals surface area contributed by atoms with Gasteiger partial charge >= 0.3 is 5.97 Å². The number of carboxylic acid groups (broad SMARTS) is 1. The molecule has 0 aliphatic carbocycles. The lowest BCUT2D eigenvalue weighted by molar-refractivity contribution is -0.131. The summed E-state index contributed by atoms with van der Waals surface area (Å²) in [6.07, 6.45) is 1.90. The van der Waals surface area contributed by atoms with Gasteiger partial charge in [-0.2, -0.15) is 5.26 Å². The van der Waals surface area contributed by atoms with Crippen LogP contribution in [0.1, 0.15) is 11.1 Å². The number of hydrogen-bond donors (Lipinski definition) is 1. The van der Waals surface area contributed by atoms with E-state index in [1.807, 2.05) is 4.90 Å². The molecule has 0 bridgehead atoms. The van der Waals surface area contributed by atoms with E-state index < -0.39 is 17.9 Å². The summed E-state index contributed by atoms with van der Waals surface area (Å²) >= 11 is 0. The molecule has 1 aliphatic rings. The van der Waals surface area contributed by atoms with Crippen LogP contribution in [0.5, 0.6) is 0 Å². The number of aliphatic carboxylic acids is 1. The van der Waals surface area contributed by atoms with Crippen molar-refractivity contribution in [1.29, 1.82) is 5.26 Å². The second-order valence-electron chi connectivity index (χ2n) is 4.74. The number of nitrogens with zero attached hydrogens (tertiary/aromatic N) is 2. The fourth-order valence-electron chi connectivity index (χ4n) is 2.19. The predicted octanol–water partition coefficient (Wildman–Crippen LogP) is 1.65. The van der Waals surface area contributed by atoms with Crippen molar-refractivity contribution in [3.05, 3.63) is 41.2 Å². The Morgan fingerprint density at radius 3 is 3.14 bits per heavy atom. The molecular formula is C15H15FN2O3. The topological polar surface area (TPSA) is 73.6 Å². The highest BCUT2D eigenvalue weighted by Gasteiger charge is 2.20. The Morgan fingerprint density at radius 1 is 1.62 bits per heavy atom. The fourth-order valence-corrected chi connectivity index (χ4v) is 2.19. The molecule has 0 amide bonds. The smallest absolute Gasteiger partial charge is 0.328 e. The summed E-state index contributed by atoms with van der Waals surface area (Å²) in [6.45, 7) is 2.15. The van der Waals surface area contributed by atoms with E-state index in [1.165, 1.54) is 18.2 Å². The highest BCUT2D eigenvalue weighted by Crippen LogP contribution is 2.17. The Balaban J connectivity index is 2.15. The van der Waals surface area contributed by atoms with Crippen LogP contribution in [-0.4, -0.2) is 41.8 Å². The molecule has 1 aromatic rings. The van der Waals surface area contributed by atoms with E-state index >= 15 is 0 Å². The Labute approximate surface area is 121 Å².